The van der Waals surface area contributed by atoms with E-state index < -0.39 is 10.2 Å². The molecule has 3 atom stereocenters. The van der Waals surface area contributed by atoms with Crippen LogP contribution >= 0.6 is 0 Å². The molecular weight excluding hydrogens is 286 g/mol. The predicted molar refractivity (Wildman–Crippen MR) is 86.4 cm³/mol. The van der Waals surface area contributed by atoms with Crippen molar-refractivity contribution >= 4 is 10.2 Å². The van der Waals surface area contributed by atoms with Crippen molar-refractivity contribution in [1.29, 1.82) is 0 Å². The van der Waals surface area contributed by atoms with Crippen LogP contribution in [0.3, 0.4) is 0 Å². The van der Waals surface area contributed by atoms with Crippen LogP contribution in [0.1, 0.15) is 59.3 Å². The van der Waals surface area contributed by atoms with E-state index in [0.717, 1.165) is 51.6 Å². The normalized spacial score (nSPS) is 33.2. The molecule has 5 nitrogen and oxygen atoms in total. The molecule has 21 heavy (non-hydrogen) atoms. The van der Waals surface area contributed by atoms with Crippen LogP contribution in [0.15, 0.2) is 0 Å². The molecule has 2 aliphatic rings. The number of rotatable bonds is 5. The maximum atomic E-state index is 13.2. The van der Waals surface area contributed by atoms with Crippen LogP contribution in [-0.2, 0) is 10.2 Å². The SMILES string of the molecule is CCNCC1CCCCN1S(=O)(=O)N1C(C)CCCC1C. The summed E-state index contributed by atoms with van der Waals surface area (Å²) in [6.07, 6.45) is 6.19. The number of nitrogens with one attached hydrogen (secondary N) is 1. The van der Waals surface area contributed by atoms with E-state index in [4.69, 9.17) is 0 Å². The Morgan fingerprint density at radius 3 is 2.33 bits per heavy atom. The largest absolute Gasteiger partial charge is 0.315 e. The van der Waals surface area contributed by atoms with Gasteiger partial charge in [0.15, 0.2) is 0 Å². The molecule has 2 aliphatic heterocycles. The molecule has 0 aromatic heterocycles. The third-order valence-corrected chi connectivity index (χ3v) is 7.20. The molecule has 0 aromatic rings. The molecule has 0 bridgehead atoms. The van der Waals surface area contributed by atoms with Crippen molar-refractivity contribution in [3.05, 3.63) is 0 Å². The molecule has 0 saturated carbocycles. The van der Waals surface area contributed by atoms with Gasteiger partial charge in [-0.25, -0.2) is 0 Å². The van der Waals surface area contributed by atoms with Gasteiger partial charge in [0, 0.05) is 31.2 Å². The molecule has 6 heteroatoms. The van der Waals surface area contributed by atoms with Gasteiger partial charge in [0.2, 0.25) is 0 Å². The summed E-state index contributed by atoms with van der Waals surface area (Å²) >= 11 is 0. The van der Waals surface area contributed by atoms with E-state index in [0.29, 0.717) is 6.54 Å². The zero-order chi connectivity index (χ0) is 15.5. The number of hydrogen-bond donors (Lipinski definition) is 1. The third-order valence-electron chi connectivity index (χ3n) is 4.88. The fourth-order valence-corrected chi connectivity index (χ4v) is 6.05. The molecule has 2 saturated heterocycles. The molecule has 3 unspecified atom stereocenters. The lowest BCUT2D eigenvalue weighted by atomic mass is 10.0. The van der Waals surface area contributed by atoms with Crippen molar-refractivity contribution in [2.45, 2.75) is 77.4 Å². The first kappa shape index (κ1) is 17.2. The summed E-state index contributed by atoms with van der Waals surface area (Å²) in [7, 11) is -3.34. The van der Waals surface area contributed by atoms with E-state index in [1.165, 1.54) is 0 Å². The summed E-state index contributed by atoms with van der Waals surface area (Å²) < 4.78 is 29.9. The second-order valence-corrected chi connectivity index (χ2v) is 8.32. The van der Waals surface area contributed by atoms with Crippen LogP contribution in [0.4, 0.5) is 0 Å². The lowest BCUT2D eigenvalue weighted by Gasteiger charge is -2.44. The van der Waals surface area contributed by atoms with Crippen molar-refractivity contribution in [1.82, 2.24) is 13.9 Å². The number of piperidine rings is 2. The van der Waals surface area contributed by atoms with Crippen LogP contribution in [0, 0.1) is 0 Å². The minimum atomic E-state index is -3.34. The summed E-state index contributed by atoms with van der Waals surface area (Å²) in [4.78, 5) is 0. The Bertz CT molecular complexity index is 417. The van der Waals surface area contributed by atoms with E-state index in [1.54, 1.807) is 8.61 Å². The number of nitrogens with zero attached hydrogens (tertiary/aromatic N) is 2. The van der Waals surface area contributed by atoms with Crippen molar-refractivity contribution < 1.29 is 8.42 Å². The van der Waals surface area contributed by atoms with Gasteiger partial charge in [0.05, 0.1) is 0 Å². The first-order valence-corrected chi connectivity index (χ1v) is 9.89. The van der Waals surface area contributed by atoms with Gasteiger partial charge < -0.3 is 5.32 Å². The van der Waals surface area contributed by atoms with Gasteiger partial charge in [-0.1, -0.05) is 19.8 Å². The zero-order valence-corrected chi connectivity index (χ0v) is 14.5. The van der Waals surface area contributed by atoms with Gasteiger partial charge >= 0.3 is 0 Å². The maximum Gasteiger partial charge on any atom is 0.282 e. The molecule has 2 rings (SSSR count). The minimum absolute atomic E-state index is 0.116. The molecule has 2 heterocycles. The standard InChI is InChI=1S/C15H31N3O2S/c1-4-16-12-15-10-5-6-11-17(15)21(19,20)18-13(2)8-7-9-14(18)3/h13-16H,4-12H2,1-3H3. The Balaban J connectivity index is 2.18. The van der Waals surface area contributed by atoms with Crippen LogP contribution in [0.5, 0.6) is 0 Å². The smallest absolute Gasteiger partial charge is 0.282 e. The molecule has 124 valence electrons. The fraction of sp³-hybridized carbons (Fsp3) is 1.00. The molecule has 0 spiro atoms. The van der Waals surface area contributed by atoms with Crippen LogP contribution in [0.25, 0.3) is 0 Å². The van der Waals surface area contributed by atoms with Gasteiger partial charge in [-0.15, -0.1) is 0 Å². The van der Waals surface area contributed by atoms with Crippen molar-refractivity contribution in [2.24, 2.45) is 0 Å². The van der Waals surface area contributed by atoms with E-state index in [1.807, 2.05) is 0 Å². The van der Waals surface area contributed by atoms with Crippen molar-refractivity contribution in [2.75, 3.05) is 19.6 Å². The van der Waals surface area contributed by atoms with Gasteiger partial charge in [0.25, 0.3) is 10.2 Å². The summed E-state index contributed by atoms with van der Waals surface area (Å²) in [6, 6.07) is 0.367. The van der Waals surface area contributed by atoms with Gasteiger partial charge in [-0.05, 0) is 46.1 Å². The van der Waals surface area contributed by atoms with E-state index >= 15 is 0 Å². The lowest BCUT2D eigenvalue weighted by molar-refractivity contribution is 0.166. The summed E-state index contributed by atoms with van der Waals surface area (Å²) in [5, 5.41) is 3.32. The molecule has 1 N–H and O–H groups in total. The molecule has 0 amide bonds. The number of hydrogen-bond acceptors (Lipinski definition) is 3. The fourth-order valence-electron chi connectivity index (χ4n) is 3.77. The van der Waals surface area contributed by atoms with Crippen molar-refractivity contribution in [3.8, 4) is 0 Å². The lowest BCUT2D eigenvalue weighted by Crippen LogP contribution is -2.58. The Hall–Kier alpha value is -0.170. The quantitative estimate of drug-likeness (QED) is 0.843. The topological polar surface area (TPSA) is 52.7 Å². The Morgan fingerprint density at radius 1 is 1.05 bits per heavy atom. The van der Waals surface area contributed by atoms with Crippen molar-refractivity contribution in [3.63, 3.8) is 0 Å². The van der Waals surface area contributed by atoms with Crippen LogP contribution < -0.4 is 5.32 Å². The molecular formula is C15H31N3O2S. The highest BCUT2D eigenvalue weighted by atomic mass is 32.2. The van der Waals surface area contributed by atoms with Crippen LogP contribution in [0.2, 0.25) is 0 Å². The minimum Gasteiger partial charge on any atom is -0.315 e. The highest BCUT2D eigenvalue weighted by Gasteiger charge is 2.41. The molecule has 2 fully saturated rings. The third kappa shape index (κ3) is 3.78. The van der Waals surface area contributed by atoms with Gasteiger partial charge in [-0.3, -0.25) is 0 Å². The second-order valence-electron chi connectivity index (χ2n) is 6.53. The van der Waals surface area contributed by atoms with E-state index in [-0.39, 0.29) is 18.1 Å². The van der Waals surface area contributed by atoms with E-state index in [2.05, 4.69) is 26.1 Å². The monoisotopic (exact) mass is 317 g/mol. The summed E-state index contributed by atoms with van der Waals surface area (Å²) in [5.74, 6) is 0. The number of likely N-dealkylation sites (N-methyl/N-ethyl adjacent to an activating group) is 1. The van der Waals surface area contributed by atoms with Crippen LogP contribution in [-0.4, -0.2) is 54.8 Å². The first-order valence-electron chi connectivity index (χ1n) is 8.49. The second kappa shape index (κ2) is 7.40. The average molecular weight is 317 g/mol. The predicted octanol–water partition coefficient (Wildman–Crippen LogP) is 1.96. The molecule has 0 aromatic carbocycles. The van der Waals surface area contributed by atoms with E-state index in [9.17, 15) is 8.42 Å². The molecule has 0 radical (unpaired) electrons. The molecule has 0 aliphatic carbocycles. The summed E-state index contributed by atoms with van der Waals surface area (Å²) in [6.45, 7) is 8.50. The highest BCUT2D eigenvalue weighted by molar-refractivity contribution is 7.86. The summed E-state index contributed by atoms with van der Waals surface area (Å²) in [5.41, 5.74) is 0. The van der Waals surface area contributed by atoms with Gasteiger partial charge in [0.1, 0.15) is 0 Å². The highest BCUT2D eigenvalue weighted by Crippen LogP contribution is 2.30. The maximum absolute atomic E-state index is 13.2. The Labute approximate surface area is 130 Å². The zero-order valence-electron chi connectivity index (χ0n) is 13.7. The Kier molecular flexibility index (Phi) is 6.05. The Morgan fingerprint density at radius 2 is 1.71 bits per heavy atom. The van der Waals surface area contributed by atoms with Gasteiger partial charge in [-0.2, -0.15) is 17.0 Å². The average Bonchev–Trinajstić information content (AvgIpc) is 2.45. The first-order chi connectivity index (χ1) is 9.98.